The van der Waals surface area contributed by atoms with Crippen LogP contribution in [0.5, 0.6) is 0 Å². The van der Waals surface area contributed by atoms with E-state index in [1.807, 2.05) is 6.07 Å². The summed E-state index contributed by atoms with van der Waals surface area (Å²) in [6.45, 7) is 8.61. The number of halogens is 2. The molecule has 0 radical (unpaired) electrons. The van der Waals surface area contributed by atoms with Crippen molar-refractivity contribution in [3.05, 3.63) is 34.6 Å². The second-order valence-corrected chi connectivity index (χ2v) is 5.57. The topological polar surface area (TPSA) is 12.0 Å². The van der Waals surface area contributed by atoms with Gasteiger partial charge in [-0.15, -0.1) is 0 Å². The third-order valence-electron chi connectivity index (χ3n) is 3.26. The van der Waals surface area contributed by atoms with Crippen molar-refractivity contribution in [2.24, 2.45) is 11.8 Å². The smallest absolute Gasteiger partial charge is 0.142 e. The van der Waals surface area contributed by atoms with Gasteiger partial charge in [0.1, 0.15) is 5.82 Å². The third kappa shape index (κ3) is 4.95. The Morgan fingerprint density at radius 3 is 2.61 bits per heavy atom. The summed E-state index contributed by atoms with van der Waals surface area (Å²) in [5, 5.41) is 3.64. The van der Waals surface area contributed by atoms with Crippen LogP contribution in [-0.2, 0) is 6.42 Å². The van der Waals surface area contributed by atoms with Gasteiger partial charge in [-0.2, -0.15) is 0 Å². The van der Waals surface area contributed by atoms with E-state index in [1.165, 1.54) is 0 Å². The fourth-order valence-electron chi connectivity index (χ4n) is 1.98. The molecule has 1 rings (SSSR count). The molecule has 0 heterocycles. The molecule has 0 aliphatic carbocycles. The van der Waals surface area contributed by atoms with Crippen LogP contribution in [0.4, 0.5) is 4.39 Å². The van der Waals surface area contributed by atoms with Gasteiger partial charge in [-0.05, 0) is 55.5 Å². The Morgan fingerprint density at radius 2 is 2.06 bits per heavy atom. The molecule has 0 aliphatic rings. The van der Waals surface area contributed by atoms with E-state index in [0.29, 0.717) is 11.8 Å². The molecule has 1 nitrogen and oxygen atoms in total. The normalized spacial score (nSPS) is 13.0. The second-order valence-electron chi connectivity index (χ2n) is 5.16. The number of hydrogen-bond acceptors (Lipinski definition) is 1. The molecule has 0 aromatic heterocycles. The molecular weight excluding hydrogens is 249 g/mol. The predicted octanol–water partition coefficient (Wildman–Crippen LogP) is 4.29. The minimum absolute atomic E-state index is 0.198. The lowest BCUT2D eigenvalue weighted by Crippen LogP contribution is -2.28. The van der Waals surface area contributed by atoms with Crippen molar-refractivity contribution in [3.8, 4) is 0 Å². The molecule has 0 fully saturated rings. The van der Waals surface area contributed by atoms with E-state index >= 15 is 0 Å². The lowest BCUT2D eigenvalue weighted by atomic mass is 9.89. The summed E-state index contributed by atoms with van der Waals surface area (Å²) in [4.78, 5) is 0. The Labute approximate surface area is 115 Å². The highest BCUT2D eigenvalue weighted by molar-refractivity contribution is 6.30. The Hall–Kier alpha value is -0.600. The first-order valence-corrected chi connectivity index (χ1v) is 7.07. The minimum atomic E-state index is -0.321. The lowest BCUT2D eigenvalue weighted by molar-refractivity contribution is 0.360. The van der Waals surface area contributed by atoms with Crippen molar-refractivity contribution in [2.45, 2.75) is 33.6 Å². The van der Waals surface area contributed by atoms with Gasteiger partial charge in [0.2, 0.25) is 0 Å². The van der Waals surface area contributed by atoms with Gasteiger partial charge in [0.25, 0.3) is 0 Å². The zero-order chi connectivity index (χ0) is 13.5. The average molecular weight is 272 g/mol. The number of nitrogens with one attached hydrogen (secondary N) is 1. The van der Waals surface area contributed by atoms with Crippen molar-refractivity contribution in [3.63, 3.8) is 0 Å². The maximum Gasteiger partial charge on any atom is 0.142 e. The van der Waals surface area contributed by atoms with E-state index in [4.69, 9.17) is 11.6 Å². The maximum absolute atomic E-state index is 13.4. The monoisotopic (exact) mass is 271 g/mol. The van der Waals surface area contributed by atoms with Gasteiger partial charge in [-0.1, -0.05) is 38.4 Å². The Bertz CT molecular complexity index is 366. The summed E-state index contributed by atoms with van der Waals surface area (Å²) in [5.74, 6) is 0.781. The Balaban J connectivity index is 2.61. The third-order valence-corrected chi connectivity index (χ3v) is 3.56. The van der Waals surface area contributed by atoms with Crippen molar-refractivity contribution < 1.29 is 4.39 Å². The van der Waals surface area contributed by atoms with Crippen LogP contribution in [0.25, 0.3) is 0 Å². The van der Waals surface area contributed by atoms with Gasteiger partial charge in [-0.3, -0.25) is 0 Å². The molecule has 0 aliphatic heterocycles. The number of rotatable bonds is 7. The molecule has 1 aromatic carbocycles. The van der Waals surface area contributed by atoms with Crippen LogP contribution in [-0.4, -0.2) is 13.1 Å². The summed E-state index contributed by atoms with van der Waals surface area (Å²) >= 11 is 5.69. The summed E-state index contributed by atoms with van der Waals surface area (Å²) in [6, 6.07) is 5.11. The molecule has 0 saturated carbocycles. The fraction of sp³-hybridized carbons (Fsp3) is 0.600. The molecule has 102 valence electrons. The van der Waals surface area contributed by atoms with Crippen LogP contribution in [0.1, 0.15) is 32.8 Å². The molecule has 0 bridgehead atoms. The molecule has 0 spiro atoms. The van der Waals surface area contributed by atoms with E-state index < -0.39 is 0 Å². The second kappa shape index (κ2) is 7.75. The van der Waals surface area contributed by atoms with Gasteiger partial charge in [0.05, 0.1) is 5.02 Å². The molecule has 1 N–H and O–H groups in total. The van der Waals surface area contributed by atoms with Gasteiger partial charge >= 0.3 is 0 Å². The molecular formula is C15H23ClFN. The van der Waals surface area contributed by atoms with Crippen LogP contribution in [0.3, 0.4) is 0 Å². The van der Waals surface area contributed by atoms with Gasteiger partial charge in [-0.25, -0.2) is 4.39 Å². The van der Waals surface area contributed by atoms with Gasteiger partial charge < -0.3 is 5.32 Å². The predicted molar refractivity (Wildman–Crippen MR) is 76.6 cm³/mol. The molecule has 1 atom stereocenters. The van der Waals surface area contributed by atoms with Crippen LogP contribution in [0.15, 0.2) is 18.2 Å². The van der Waals surface area contributed by atoms with Crippen molar-refractivity contribution in [2.75, 3.05) is 13.1 Å². The van der Waals surface area contributed by atoms with Crippen molar-refractivity contribution >= 4 is 11.6 Å². The first-order valence-electron chi connectivity index (χ1n) is 6.69. The number of benzene rings is 1. The summed E-state index contributed by atoms with van der Waals surface area (Å²) in [7, 11) is 0. The van der Waals surface area contributed by atoms with Crippen LogP contribution >= 0.6 is 11.6 Å². The first-order chi connectivity index (χ1) is 8.54. The lowest BCUT2D eigenvalue weighted by Gasteiger charge is -2.21. The molecule has 1 aromatic rings. The molecule has 3 heteroatoms. The Morgan fingerprint density at radius 1 is 1.33 bits per heavy atom. The molecule has 18 heavy (non-hydrogen) atoms. The van der Waals surface area contributed by atoms with Gasteiger partial charge in [0, 0.05) is 0 Å². The Kier molecular flexibility index (Phi) is 6.66. The van der Waals surface area contributed by atoms with Gasteiger partial charge in [0.15, 0.2) is 0 Å². The van der Waals surface area contributed by atoms with Crippen molar-refractivity contribution in [1.29, 1.82) is 0 Å². The van der Waals surface area contributed by atoms with E-state index in [-0.39, 0.29) is 10.8 Å². The summed E-state index contributed by atoms with van der Waals surface area (Å²) in [6.07, 6.45) is 2.03. The maximum atomic E-state index is 13.4. The zero-order valence-electron chi connectivity index (χ0n) is 11.5. The molecule has 1 unspecified atom stereocenters. The highest BCUT2D eigenvalue weighted by atomic mass is 35.5. The standard InChI is InChI=1S/C15H23ClFN/c1-4-7-18-10-13(11(2)3)8-12-5-6-14(16)15(17)9-12/h5-6,9,11,13,18H,4,7-8,10H2,1-3H3. The summed E-state index contributed by atoms with van der Waals surface area (Å²) < 4.78 is 13.4. The van der Waals surface area contributed by atoms with E-state index in [2.05, 4.69) is 26.1 Å². The fourth-order valence-corrected chi connectivity index (χ4v) is 2.09. The zero-order valence-corrected chi connectivity index (χ0v) is 12.2. The number of hydrogen-bond donors (Lipinski definition) is 1. The van der Waals surface area contributed by atoms with E-state index in [1.54, 1.807) is 12.1 Å². The van der Waals surface area contributed by atoms with Crippen LogP contribution < -0.4 is 5.32 Å². The van der Waals surface area contributed by atoms with Crippen molar-refractivity contribution in [1.82, 2.24) is 5.32 Å². The van der Waals surface area contributed by atoms with Crippen LogP contribution in [0, 0.1) is 17.7 Å². The van der Waals surface area contributed by atoms with E-state index in [9.17, 15) is 4.39 Å². The average Bonchev–Trinajstić information content (AvgIpc) is 2.32. The SMILES string of the molecule is CCCNCC(Cc1ccc(Cl)c(F)c1)C(C)C. The minimum Gasteiger partial charge on any atom is -0.316 e. The highest BCUT2D eigenvalue weighted by Gasteiger charge is 2.14. The molecule has 0 saturated heterocycles. The largest absolute Gasteiger partial charge is 0.316 e. The highest BCUT2D eigenvalue weighted by Crippen LogP contribution is 2.21. The first kappa shape index (κ1) is 15.5. The molecule has 0 amide bonds. The quantitative estimate of drug-likeness (QED) is 0.730. The van der Waals surface area contributed by atoms with E-state index in [0.717, 1.165) is 31.5 Å². The van der Waals surface area contributed by atoms with Crippen LogP contribution in [0.2, 0.25) is 5.02 Å². The summed E-state index contributed by atoms with van der Waals surface area (Å²) in [5.41, 5.74) is 1.02.